The summed E-state index contributed by atoms with van der Waals surface area (Å²) in [5, 5.41) is 8.79. The molecule has 1 heterocycles. The molecule has 0 unspecified atom stereocenters. The second kappa shape index (κ2) is 3.93. The fourth-order valence-electron chi connectivity index (χ4n) is 1.10. The summed E-state index contributed by atoms with van der Waals surface area (Å²) in [5.74, 6) is -0.939. The topological polar surface area (TPSA) is 51.5 Å². The van der Waals surface area contributed by atoms with E-state index in [-0.39, 0.29) is 5.69 Å². The van der Waals surface area contributed by atoms with Gasteiger partial charge in [0.2, 0.25) is 0 Å². The van der Waals surface area contributed by atoms with Crippen molar-refractivity contribution in [2.45, 2.75) is 6.61 Å². The molecule has 0 radical (unpaired) electrons. The van der Waals surface area contributed by atoms with E-state index in [9.17, 15) is 4.79 Å². The number of rotatable bonds is 3. The van der Waals surface area contributed by atoms with Crippen molar-refractivity contribution in [1.82, 2.24) is 4.57 Å². The van der Waals surface area contributed by atoms with Gasteiger partial charge in [-0.05, 0) is 22.0 Å². The van der Waals surface area contributed by atoms with Gasteiger partial charge in [0.15, 0.2) is 0 Å². The van der Waals surface area contributed by atoms with Crippen molar-refractivity contribution in [3.63, 3.8) is 0 Å². The lowest BCUT2D eigenvalue weighted by atomic mass is 10.3. The number of aromatic carboxylic acids is 1. The van der Waals surface area contributed by atoms with Gasteiger partial charge >= 0.3 is 5.97 Å². The van der Waals surface area contributed by atoms with Gasteiger partial charge in [-0.3, -0.25) is 0 Å². The Labute approximate surface area is 84.2 Å². The minimum absolute atomic E-state index is 0.249. The molecule has 13 heavy (non-hydrogen) atoms. The summed E-state index contributed by atoms with van der Waals surface area (Å²) in [7, 11) is 3.26. The van der Waals surface area contributed by atoms with Gasteiger partial charge in [0.05, 0.1) is 11.2 Å². The predicted octanol–water partition coefficient (Wildman–Crippen LogP) is 1.63. The Morgan fingerprint density at radius 2 is 2.38 bits per heavy atom. The van der Waals surface area contributed by atoms with Crippen molar-refractivity contribution in [1.29, 1.82) is 0 Å². The van der Waals surface area contributed by atoms with Crippen LogP contribution in [0.2, 0.25) is 0 Å². The summed E-state index contributed by atoms with van der Waals surface area (Å²) in [6, 6.07) is 1.59. The van der Waals surface area contributed by atoms with Crippen LogP contribution in [0.4, 0.5) is 0 Å². The average Bonchev–Trinajstić information content (AvgIpc) is 2.33. The zero-order valence-corrected chi connectivity index (χ0v) is 8.96. The van der Waals surface area contributed by atoms with E-state index < -0.39 is 5.97 Å². The second-order valence-electron chi connectivity index (χ2n) is 2.64. The minimum atomic E-state index is -0.939. The minimum Gasteiger partial charge on any atom is -0.477 e. The Kier molecular flexibility index (Phi) is 3.11. The fraction of sp³-hybridized carbons (Fsp3) is 0.375. The standard InChI is InChI=1S/C8H10BrNO3/c1-10-6(8(11)12)3-5(4-13-2)7(10)9/h3H,4H2,1-2H3,(H,11,12). The van der Waals surface area contributed by atoms with Gasteiger partial charge in [0, 0.05) is 19.7 Å². The second-order valence-corrected chi connectivity index (χ2v) is 3.39. The normalized spacial score (nSPS) is 10.4. The molecule has 0 aromatic carbocycles. The third kappa shape index (κ3) is 1.92. The molecule has 72 valence electrons. The molecule has 1 aromatic rings. The molecule has 4 nitrogen and oxygen atoms in total. The SMILES string of the molecule is COCc1cc(C(=O)O)n(C)c1Br. The maximum atomic E-state index is 10.7. The van der Waals surface area contributed by atoms with E-state index in [1.165, 1.54) is 0 Å². The van der Waals surface area contributed by atoms with E-state index >= 15 is 0 Å². The van der Waals surface area contributed by atoms with Crippen LogP contribution in [0.25, 0.3) is 0 Å². The van der Waals surface area contributed by atoms with Crippen molar-refractivity contribution >= 4 is 21.9 Å². The van der Waals surface area contributed by atoms with Crippen molar-refractivity contribution in [3.05, 3.63) is 21.9 Å². The van der Waals surface area contributed by atoms with Crippen LogP contribution >= 0.6 is 15.9 Å². The first-order chi connectivity index (χ1) is 6.07. The molecule has 1 aromatic heterocycles. The lowest BCUT2D eigenvalue weighted by Gasteiger charge is -1.99. The van der Waals surface area contributed by atoms with Crippen molar-refractivity contribution in [2.75, 3.05) is 7.11 Å². The Hall–Kier alpha value is -0.810. The Bertz CT molecular complexity index is 332. The van der Waals surface area contributed by atoms with Crippen LogP contribution in [0.15, 0.2) is 10.7 Å². The van der Waals surface area contributed by atoms with Crippen LogP contribution in [0.3, 0.4) is 0 Å². The monoisotopic (exact) mass is 247 g/mol. The molecule has 0 saturated heterocycles. The first kappa shape index (κ1) is 10.3. The van der Waals surface area contributed by atoms with E-state index in [0.717, 1.165) is 10.2 Å². The Morgan fingerprint density at radius 1 is 1.77 bits per heavy atom. The van der Waals surface area contributed by atoms with Gasteiger partial charge in [-0.2, -0.15) is 0 Å². The molecule has 0 bridgehead atoms. The van der Waals surface area contributed by atoms with Crippen LogP contribution in [0.1, 0.15) is 16.1 Å². The summed E-state index contributed by atoms with van der Waals surface area (Å²) in [5.41, 5.74) is 1.08. The Morgan fingerprint density at radius 3 is 2.77 bits per heavy atom. The first-order valence-corrected chi connectivity index (χ1v) is 4.43. The first-order valence-electron chi connectivity index (χ1n) is 3.64. The summed E-state index contributed by atoms with van der Waals surface area (Å²) in [6.45, 7) is 0.404. The highest BCUT2D eigenvalue weighted by molar-refractivity contribution is 9.10. The van der Waals surface area contributed by atoms with Gasteiger partial charge in [-0.15, -0.1) is 0 Å². The van der Waals surface area contributed by atoms with E-state index in [4.69, 9.17) is 9.84 Å². The highest BCUT2D eigenvalue weighted by Gasteiger charge is 2.14. The number of methoxy groups -OCH3 is 1. The molecule has 5 heteroatoms. The number of carboxylic acid groups (broad SMARTS) is 1. The molecule has 0 amide bonds. The molecule has 0 spiro atoms. The van der Waals surface area contributed by atoms with E-state index in [1.807, 2.05) is 0 Å². The van der Waals surface area contributed by atoms with Crippen LogP contribution in [-0.4, -0.2) is 22.8 Å². The number of aromatic nitrogens is 1. The lowest BCUT2D eigenvalue weighted by molar-refractivity contribution is 0.0686. The molecule has 1 rings (SSSR count). The number of carboxylic acids is 1. The highest BCUT2D eigenvalue weighted by Crippen LogP contribution is 2.21. The molecule has 0 aliphatic rings. The van der Waals surface area contributed by atoms with Gasteiger partial charge < -0.3 is 14.4 Å². The third-order valence-electron chi connectivity index (χ3n) is 1.75. The van der Waals surface area contributed by atoms with Crippen LogP contribution in [0, 0.1) is 0 Å². The third-order valence-corrected chi connectivity index (χ3v) is 2.79. The lowest BCUT2D eigenvalue weighted by Crippen LogP contribution is -2.03. The molecule has 0 aliphatic carbocycles. The van der Waals surface area contributed by atoms with E-state index in [1.54, 1.807) is 24.8 Å². The predicted molar refractivity (Wildman–Crippen MR) is 50.8 cm³/mol. The largest absolute Gasteiger partial charge is 0.477 e. The van der Waals surface area contributed by atoms with Crippen molar-refractivity contribution in [3.8, 4) is 0 Å². The quantitative estimate of drug-likeness (QED) is 0.884. The zero-order valence-electron chi connectivity index (χ0n) is 7.37. The van der Waals surface area contributed by atoms with Crippen LogP contribution in [0.5, 0.6) is 0 Å². The van der Waals surface area contributed by atoms with Gasteiger partial charge in [0.1, 0.15) is 5.69 Å². The number of hydrogen-bond donors (Lipinski definition) is 1. The smallest absolute Gasteiger partial charge is 0.352 e. The van der Waals surface area contributed by atoms with Gasteiger partial charge in [0.25, 0.3) is 0 Å². The molecule has 0 aliphatic heterocycles. The highest BCUT2D eigenvalue weighted by atomic mass is 79.9. The fourth-order valence-corrected chi connectivity index (χ4v) is 1.52. The molecular formula is C8H10BrNO3. The molecule has 1 N–H and O–H groups in total. The van der Waals surface area contributed by atoms with Crippen LogP contribution < -0.4 is 0 Å². The van der Waals surface area contributed by atoms with Gasteiger partial charge in [-0.25, -0.2) is 4.79 Å². The molecule has 0 atom stereocenters. The molecule has 0 saturated carbocycles. The van der Waals surface area contributed by atoms with Crippen LogP contribution in [-0.2, 0) is 18.4 Å². The van der Waals surface area contributed by atoms with Gasteiger partial charge in [-0.1, -0.05) is 0 Å². The molecule has 0 fully saturated rings. The summed E-state index contributed by atoms with van der Waals surface area (Å²) >= 11 is 3.29. The molecular weight excluding hydrogens is 238 g/mol. The zero-order chi connectivity index (χ0) is 10.0. The Balaban J connectivity index is 3.12. The number of ether oxygens (including phenoxy) is 1. The average molecular weight is 248 g/mol. The maximum Gasteiger partial charge on any atom is 0.352 e. The van der Waals surface area contributed by atoms with E-state index in [2.05, 4.69) is 15.9 Å². The van der Waals surface area contributed by atoms with Crippen molar-refractivity contribution < 1.29 is 14.6 Å². The summed E-state index contributed by atoms with van der Waals surface area (Å²) < 4.78 is 7.23. The van der Waals surface area contributed by atoms with Crippen molar-refractivity contribution in [2.24, 2.45) is 7.05 Å². The van der Waals surface area contributed by atoms with E-state index in [0.29, 0.717) is 6.61 Å². The summed E-state index contributed by atoms with van der Waals surface area (Å²) in [6.07, 6.45) is 0. The number of hydrogen-bond acceptors (Lipinski definition) is 2. The number of nitrogens with zero attached hydrogens (tertiary/aromatic N) is 1. The number of carbonyl (C=O) groups is 1. The maximum absolute atomic E-state index is 10.7. The summed E-state index contributed by atoms with van der Waals surface area (Å²) in [4.78, 5) is 10.7. The number of halogens is 1.